The number of halogens is 10. The summed E-state index contributed by atoms with van der Waals surface area (Å²) in [7, 11) is -6.39. The van der Waals surface area contributed by atoms with Crippen molar-refractivity contribution in [1.82, 2.24) is 0 Å². The fourth-order valence-electron chi connectivity index (χ4n) is 1.57. The topological polar surface area (TPSA) is 111 Å². The fraction of sp³-hybridized carbons (Fsp3) is 0. The van der Waals surface area contributed by atoms with Gasteiger partial charge in [0.05, 0.1) is 0 Å². The molecule has 0 aromatic heterocycles. The van der Waals surface area contributed by atoms with Gasteiger partial charge in [-0.15, -0.1) is 0 Å². The Bertz CT molecular complexity index is 824. The van der Waals surface area contributed by atoms with Crippen LogP contribution in [0.5, 0.6) is 11.5 Å². The van der Waals surface area contributed by atoms with Gasteiger partial charge in [0.2, 0.25) is 58.2 Å². The summed E-state index contributed by atoms with van der Waals surface area (Å²) < 4.78 is 132. The summed E-state index contributed by atoms with van der Waals surface area (Å²) >= 11 is 0. The molecular formula is C12B2F10LiO6Ru. The largest absolute Gasteiger partial charge is 3.00 e. The van der Waals surface area contributed by atoms with Gasteiger partial charge in [0.25, 0.3) is 0 Å². The Balaban J connectivity index is 0. The van der Waals surface area contributed by atoms with Crippen LogP contribution < -0.4 is 48.3 Å². The van der Waals surface area contributed by atoms with Gasteiger partial charge in [0, 0.05) is 0 Å². The minimum atomic E-state index is -3.20. The molecule has 0 aliphatic heterocycles. The summed E-state index contributed by atoms with van der Waals surface area (Å²) in [5.41, 5.74) is 0. The second-order valence-electron chi connectivity index (χ2n) is 4.61. The van der Waals surface area contributed by atoms with Crippen LogP contribution in [0.15, 0.2) is 0 Å². The van der Waals surface area contributed by atoms with E-state index in [1.54, 1.807) is 0 Å². The molecule has 20 heteroatoms. The standard InChI is InChI=1S/2C6BF5O3.Li.Ru/c2*8-1-2(9)4(11)6(15-7(13)14)5(12)3(1)10;;/q2*-2;+1;+3. The predicted octanol–water partition coefficient (Wildman–Crippen LogP) is -4.07. The molecule has 0 fully saturated rings. The van der Waals surface area contributed by atoms with Gasteiger partial charge >= 0.3 is 38.3 Å². The summed E-state index contributed by atoms with van der Waals surface area (Å²) in [6, 6.07) is 0. The van der Waals surface area contributed by atoms with E-state index in [1.165, 1.54) is 0 Å². The van der Waals surface area contributed by atoms with E-state index < -0.39 is 84.3 Å². The maximum atomic E-state index is 12.6. The molecule has 0 atom stereocenters. The minimum Gasteiger partial charge on any atom is -0.860 e. The molecule has 2 aromatic carbocycles. The zero-order valence-corrected chi connectivity index (χ0v) is 16.5. The van der Waals surface area contributed by atoms with Crippen molar-refractivity contribution in [2.75, 3.05) is 0 Å². The molecule has 32 heavy (non-hydrogen) atoms. The van der Waals surface area contributed by atoms with Crippen LogP contribution in [0.2, 0.25) is 0 Å². The molecule has 0 heterocycles. The molecule has 6 nitrogen and oxygen atoms in total. The van der Waals surface area contributed by atoms with E-state index >= 15 is 0 Å². The Morgan fingerprint density at radius 2 is 0.562 bits per heavy atom. The Hall–Kier alpha value is -1.47. The predicted molar refractivity (Wildman–Crippen MR) is 65.2 cm³/mol. The van der Waals surface area contributed by atoms with E-state index in [-0.39, 0.29) is 38.3 Å². The number of hydrogen-bond acceptors (Lipinski definition) is 6. The fourth-order valence-corrected chi connectivity index (χ4v) is 1.57. The van der Waals surface area contributed by atoms with Gasteiger partial charge in [0.15, 0.2) is 11.5 Å². The van der Waals surface area contributed by atoms with Crippen LogP contribution >= 0.6 is 0 Å². The Morgan fingerprint density at radius 3 is 0.719 bits per heavy atom. The zero-order valence-electron chi connectivity index (χ0n) is 14.7. The number of hydrogen-bond donors (Lipinski definition) is 0. The summed E-state index contributed by atoms with van der Waals surface area (Å²) in [5.74, 6) is -27.1. The minimum absolute atomic E-state index is 0. The molecule has 0 saturated carbocycles. The monoisotopic (exact) mass is 561 g/mol. The number of benzene rings is 2. The molecule has 0 bridgehead atoms. The van der Waals surface area contributed by atoms with E-state index in [1.807, 2.05) is 0 Å². The first-order chi connectivity index (χ1) is 13.7. The van der Waals surface area contributed by atoms with Gasteiger partial charge in [-0.05, 0) is 0 Å². The molecule has 0 unspecified atom stereocenters. The maximum Gasteiger partial charge on any atom is 3.00 e. The van der Waals surface area contributed by atoms with Crippen LogP contribution in [0.25, 0.3) is 0 Å². The van der Waals surface area contributed by atoms with Gasteiger partial charge in [-0.3, -0.25) is 0 Å². The molecule has 0 N–H and O–H groups in total. The smallest absolute Gasteiger partial charge is 0.860 e. The van der Waals surface area contributed by atoms with Crippen molar-refractivity contribution in [2.24, 2.45) is 0 Å². The van der Waals surface area contributed by atoms with Crippen molar-refractivity contribution in [3.8, 4) is 11.5 Å². The van der Waals surface area contributed by atoms with E-state index in [2.05, 4.69) is 9.31 Å². The number of rotatable bonds is 4. The third-order valence-corrected chi connectivity index (χ3v) is 2.77. The Kier molecular flexibility index (Phi) is 13.6. The van der Waals surface area contributed by atoms with Gasteiger partial charge in [-0.2, -0.15) is 17.6 Å². The SMILES string of the molecule is [Li+].[O-]B([O-])Oc1c(F)c(F)c(F)c(F)c1F.[O-]B([O-])Oc1c(F)c(F)c(F)c(F)c1F.[Ru+3]. The summed E-state index contributed by atoms with van der Waals surface area (Å²) in [6.07, 6.45) is 0. The third-order valence-electron chi connectivity index (χ3n) is 2.77. The molecule has 1 radical (unpaired) electrons. The first-order valence-corrected chi connectivity index (χ1v) is 6.71. The van der Waals surface area contributed by atoms with Crippen LogP contribution in [-0.4, -0.2) is 14.6 Å². The van der Waals surface area contributed by atoms with E-state index in [9.17, 15) is 64.0 Å². The zero-order chi connectivity index (χ0) is 23.5. The van der Waals surface area contributed by atoms with Crippen molar-refractivity contribution in [3.63, 3.8) is 0 Å². The van der Waals surface area contributed by atoms with Crippen molar-refractivity contribution in [3.05, 3.63) is 58.2 Å². The Labute approximate surface area is 196 Å². The molecular weight excluding hydrogens is 560 g/mol. The van der Waals surface area contributed by atoms with Crippen LogP contribution in [0.3, 0.4) is 0 Å². The normalized spacial score (nSPS) is 9.69. The van der Waals surface area contributed by atoms with Crippen molar-refractivity contribution < 1.29 is 112 Å². The van der Waals surface area contributed by atoms with Gasteiger partial charge in [0.1, 0.15) is 14.6 Å². The van der Waals surface area contributed by atoms with Gasteiger partial charge in [-0.1, -0.05) is 0 Å². The first kappa shape index (κ1) is 32.7. The van der Waals surface area contributed by atoms with Crippen LogP contribution in [0.4, 0.5) is 43.9 Å². The Morgan fingerprint density at radius 1 is 0.406 bits per heavy atom. The first-order valence-electron chi connectivity index (χ1n) is 6.71. The van der Waals surface area contributed by atoms with Crippen LogP contribution in [0, 0.1) is 58.2 Å². The van der Waals surface area contributed by atoms with Crippen LogP contribution in [0.1, 0.15) is 0 Å². The second-order valence-corrected chi connectivity index (χ2v) is 4.61. The van der Waals surface area contributed by atoms with Gasteiger partial charge < -0.3 is 29.4 Å². The molecule has 0 aliphatic rings. The molecule has 2 aromatic rings. The van der Waals surface area contributed by atoms with E-state index in [0.29, 0.717) is 0 Å². The molecule has 0 aliphatic carbocycles. The van der Waals surface area contributed by atoms with Crippen molar-refractivity contribution in [2.45, 2.75) is 0 Å². The molecule has 0 saturated heterocycles. The average molecular weight is 560 g/mol. The van der Waals surface area contributed by atoms with E-state index in [4.69, 9.17) is 0 Å². The molecule has 0 spiro atoms. The van der Waals surface area contributed by atoms with Gasteiger partial charge in [-0.25, -0.2) is 26.3 Å². The molecule has 2 rings (SSSR count). The van der Waals surface area contributed by atoms with Crippen molar-refractivity contribution in [1.29, 1.82) is 0 Å². The maximum absolute atomic E-state index is 12.6. The van der Waals surface area contributed by atoms with Crippen LogP contribution in [-0.2, 0) is 19.5 Å². The summed E-state index contributed by atoms with van der Waals surface area (Å²) in [6.45, 7) is 0. The van der Waals surface area contributed by atoms with Crippen molar-refractivity contribution >= 4 is 14.6 Å². The van der Waals surface area contributed by atoms with E-state index in [0.717, 1.165) is 0 Å². The second kappa shape index (κ2) is 13.3. The average Bonchev–Trinajstić information content (AvgIpc) is 2.68. The third kappa shape index (κ3) is 7.27. The molecule has 0 amide bonds. The quantitative estimate of drug-likeness (QED) is 0.163. The molecule has 169 valence electrons. The summed E-state index contributed by atoms with van der Waals surface area (Å²) in [4.78, 5) is 0. The summed E-state index contributed by atoms with van der Waals surface area (Å²) in [5, 5.41) is 39.4.